The van der Waals surface area contributed by atoms with Gasteiger partial charge in [-0.15, -0.1) is 11.3 Å². The molecule has 0 aliphatic rings. The normalized spacial score (nSPS) is 11.1. The number of thioether (sulfide) groups is 1. The summed E-state index contributed by atoms with van der Waals surface area (Å²) in [7, 11) is 0. The lowest BCUT2D eigenvalue weighted by molar-refractivity contribution is 0.491. The molecule has 1 N–H and O–H groups in total. The van der Waals surface area contributed by atoms with Gasteiger partial charge in [0, 0.05) is 13.0 Å². The van der Waals surface area contributed by atoms with Crippen LogP contribution >= 0.6 is 39.0 Å². The van der Waals surface area contributed by atoms with Gasteiger partial charge in [-0.3, -0.25) is 0 Å². The highest BCUT2D eigenvalue weighted by molar-refractivity contribution is 9.10. The van der Waals surface area contributed by atoms with Gasteiger partial charge in [0.1, 0.15) is 22.6 Å². The van der Waals surface area contributed by atoms with E-state index in [2.05, 4.69) is 36.2 Å². The van der Waals surface area contributed by atoms with Crippen LogP contribution in [0.1, 0.15) is 5.76 Å². The molecular weight excluding hydrogens is 360 g/mol. The van der Waals surface area contributed by atoms with Crippen LogP contribution in [0.25, 0.3) is 10.3 Å². The van der Waals surface area contributed by atoms with Crippen LogP contribution in [0.5, 0.6) is 0 Å². The van der Waals surface area contributed by atoms with Crippen molar-refractivity contribution in [1.82, 2.24) is 15.0 Å². The highest BCUT2D eigenvalue weighted by atomic mass is 79.9. The second-order valence-electron chi connectivity index (χ2n) is 3.94. The topological polar surface area (TPSA) is 63.8 Å². The fraction of sp³-hybridized carbons (Fsp3) is 0.250. The molecule has 0 aliphatic heterocycles. The number of thiazole rings is 1. The molecule has 0 aromatic carbocycles. The molecule has 3 rings (SSSR count). The van der Waals surface area contributed by atoms with E-state index in [1.165, 1.54) is 6.33 Å². The Morgan fingerprint density at radius 3 is 3.05 bits per heavy atom. The van der Waals surface area contributed by atoms with E-state index in [0.29, 0.717) is 0 Å². The first-order valence-electron chi connectivity index (χ1n) is 5.90. The Bertz CT molecular complexity index is 727. The first kappa shape index (κ1) is 13.8. The second kappa shape index (κ2) is 6.11. The monoisotopic (exact) mass is 370 g/mol. The first-order valence-corrected chi connectivity index (χ1v) is 8.73. The molecule has 8 heteroatoms. The van der Waals surface area contributed by atoms with Crippen LogP contribution in [0.15, 0.2) is 31.9 Å². The van der Waals surface area contributed by atoms with E-state index in [1.807, 2.05) is 18.4 Å². The number of aromatic nitrogens is 3. The quantitative estimate of drug-likeness (QED) is 0.688. The van der Waals surface area contributed by atoms with Crippen LogP contribution in [0.2, 0.25) is 0 Å². The van der Waals surface area contributed by atoms with Crippen molar-refractivity contribution in [2.24, 2.45) is 0 Å². The summed E-state index contributed by atoms with van der Waals surface area (Å²) in [6, 6.07) is 3.85. The summed E-state index contributed by atoms with van der Waals surface area (Å²) in [4.78, 5) is 12.9. The zero-order valence-electron chi connectivity index (χ0n) is 10.6. The predicted molar refractivity (Wildman–Crippen MR) is 85.6 cm³/mol. The number of furan rings is 1. The Labute approximate surface area is 132 Å². The van der Waals surface area contributed by atoms with E-state index < -0.39 is 0 Å². The average Bonchev–Trinajstić information content (AvgIpc) is 3.05. The van der Waals surface area contributed by atoms with Crippen molar-refractivity contribution >= 4 is 55.2 Å². The summed E-state index contributed by atoms with van der Waals surface area (Å²) in [6.45, 7) is 0.749. The lowest BCUT2D eigenvalue weighted by Gasteiger charge is -2.04. The number of hydrogen-bond acceptors (Lipinski definition) is 7. The van der Waals surface area contributed by atoms with Gasteiger partial charge in [-0.25, -0.2) is 15.0 Å². The molecule has 3 aromatic heterocycles. The number of rotatable bonds is 5. The number of nitrogens with one attached hydrogen (secondary N) is 1. The molecule has 0 saturated carbocycles. The van der Waals surface area contributed by atoms with Crippen molar-refractivity contribution in [3.05, 3.63) is 28.9 Å². The lowest BCUT2D eigenvalue weighted by Crippen LogP contribution is -2.06. The van der Waals surface area contributed by atoms with Crippen molar-refractivity contribution in [2.75, 3.05) is 18.1 Å². The van der Waals surface area contributed by atoms with E-state index in [4.69, 9.17) is 4.42 Å². The lowest BCUT2D eigenvalue weighted by atomic mass is 10.3. The van der Waals surface area contributed by atoms with Crippen molar-refractivity contribution in [1.29, 1.82) is 0 Å². The van der Waals surface area contributed by atoms with Crippen molar-refractivity contribution in [2.45, 2.75) is 10.8 Å². The van der Waals surface area contributed by atoms with E-state index >= 15 is 0 Å². The summed E-state index contributed by atoms with van der Waals surface area (Å²) in [6.07, 6.45) is 4.34. The minimum absolute atomic E-state index is 0.748. The maximum absolute atomic E-state index is 5.46. The second-order valence-corrected chi connectivity index (χ2v) is 6.78. The highest BCUT2D eigenvalue weighted by Gasteiger charge is 2.09. The van der Waals surface area contributed by atoms with E-state index in [1.54, 1.807) is 23.1 Å². The standard InChI is InChI=1S/C12H11BrN4OS2/c1-19-12-17-11-9(20-12)10(15-6-16-11)14-5-4-7-2-3-8(13)18-7/h2-3,6H,4-5H2,1H3,(H,14,15,16). The van der Waals surface area contributed by atoms with Crippen molar-refractivity contribution in [3.8, 4) is 0 Å². The van der Waals surface area contributed by atoms with Crippen LogP contribution in [0, 0.1) is 0 Å². The number of hydrogen-bond donors (Lipinski definition) is 1. The summed E-state index contributed by atoms with van der Waals surface area (Å²) in [5.41, 5.74) is 0.748. The zero-order valence-corrected chi connectivity index (χ0v) is 13.8. The van der Waals surface area contributed by atoms with E-state index in [-0.39, 0.29) is 0 Å². The Hall–Kier alpha value is -1.12. The Morgan fingerprint density at radius 1 is 1.40 bits per heavy atom. The molecule has 0 atom stereocenters. The molecule has 5 nitrogen and oxygen atoms in total. The molecule has 0 aliphatic carbocycles. The molecule has 20 heavy (non-hydrogen) atoms. The molecule has 0 saturated heterocycles. The van der Waals surface area contributed by atoms with Gasteiger partial charge < -0.3 is 9.73 Å². The van der Waals surface area contributed by atoms with Gasteiger partial charge in [-0.2, -0.15) is 0 Å². The third kappa shape index (κ3) is 2.97. The molecular formula is C12H11BrN4OS2. The van der Waals surface area contributed by atoms with Crippen LogP contribution in [0.3, 0.4) is 0 Å². The van der Waals surface area contributed by atoms with Crippen LogP contribution in [-0.2, 0) is 6.42 Å². The van der Waals surface area contributed by atoms with Crippen molar-refractivity contribution in [3.63, 3.8) is 0 Å². The third-order valence-corrected chi connectivity index (χ3v) is 5.10. The zero-order chi connectivity index (χ0) is 13.9. The van der Waals surface area contributed by atoms with Gasteiger partial charge in [0.2, 0.25) is 0 Å². The number of anilines is 1. The minimum atomic E-state index is 0.748. The first-order chi connectivity index (χ1) is 9.76. The average molecular weight is 371 g/mol. The Kier molecular flexibility index (Phi) is 4.23. The van der Waals surface area contributed by atoms with Gasteiger partial charge >= 0.3 is 0 Å². The van der Waals surface area contributed by atoms with Crippen molar-refractivity contribution < 1.29 is 4.42 Å². The molecule has 0 bridgehead atoms. The van der Waals surface area contributed by atoms with Gasteiger partial charge in [0.15, 0.2) is 14.7 Å². The number of fused-ring (bicyclic) bond motifs is 1. The highest BCUT2D eigenvalue weighted by Crippen LogP contribution is 2.30. The summed E-state index contributed by atoms with van der Waals surface area (Å²) in [5, 5.41) is 3.32. The summed E-state index contributed by atoms with van der Waals surface area (Å²) in [5.74, 6) is 1.77. The maximum atomic E-state index is 5.46. The van der Waals surface area contributed by atoms with Crippen LogP contribution in [0.4, 0.5) is 5.82 Å². The van der Waals surface area contributed by atoms with Gasteiger partial charge in [-0.1, -0.05) is 11.8 Å². The number of halogens is 1. The van der Waals surface area contributed by atoms with Gasteiger partial charge in [-0.05, 0) is 34.3 Å². The van der Waals surface area contributed by atoms with Crippen LogP contribution < -0.4 is 5.32 Å². The SMILES string of the molecule is CSc1nc2ncnc(NCCc3ccc(Br)o3)c2s1. The molecule has 0 amide bonds. The molecule has 0 radical (unpaired) electrons. The Morgan fingerprint density at radius 2 is 2.30 bits per heavy atom. The summed E-state index contributed by atoms with van der Waals surface area (Å²) < 4.78 is 8.21. The number of nitrogens with zero attached hydrogens (tertiary/aromatic N) is 3. The minimum Gasteiger partial charge on any atom is -0.454 e. The fourth-order valence-electron chi connectivity index (χ4n) is 1.74. The fourth-order valence-corrected chi connectivity index (χ4v) is 3.56. The predicted octanol–water partition coefficient (Wildman–Crippen LogP) is 3.82. The molecule has 3 aromatic rings. The third-order valence-electron chi connectivity index (χ3n) is 2.64. The maximum Gasteiger partial charge on any atom is 0.176 e. The molecule has 104 valence electrons. The smallest absolute Gasteiger partial charge is 0.176 e. The largest absolute Gasteiger partial charge is 0.454 e. The summed E-state index contributed by atoms with van der Waals surface area (Å²) >= 11 is 6.52. The molecule has 3 heterocycles. The van der Waals surface area contributed by atoms with E-state index in [0.717, 1.165) is 43.9 Å². The van der Waals surface area contributed by atoms with E-state index in [9.17, 15) is 0 Å². The van der Waals surface area contributed by atoms with Gasteiger partial charge in [0.05, 0.1) is 0 Å². The molecule has 0 unspecified atom stereocenters. The molecule has 0 spiro atoms. The Balaban J connectivity index is 1.72. The molecule has 0 fully saturated rings. The van der Waals surface area contributed by atoms with Crippen LogP contribution in [-0.4, -0.2) is 27.8 Å². The van der Waals surface area contributed by atoms with Gasteiger partial charge in [0.25, 0.3) is 0 Å².